The molecule has 1 unspecified atom stereocenters. The van der Waals surface area contributed by atoms with Gasteiger partial charge in [-0.1, -0.05) is 20.8 Å². The summed E-state index contributed by atoms with van der Waals surface area (Å²) in [6.45, 7) is 6.97. The first-order valence-corrected chi connectivity index (χ1v) is 9.02. The molecule has 0 radical (unpaired) electrons. The van der Waals surface area contributed by atoms with Crippen LogP contribution in [0.1, 0.15) is 72.1 Å². The third-order valence-electron chi connectivity index (χ3n) is 3.35. The molecule has 0 rings (SSSR count). The number of hydrogen-bond acceptors (Lipinski definition) is 6. The number of ether oxygens (including phenoxy) is 3. The lowest BCUT2D eigenvalue weighted by molar-refractivity contribution is -0.151. The van der Waals surface area contributed by atoms with E-state index in [-0.39, 0.29) is 36.7 Å². The van der Waals surface area contributed by atoms with E-state index in [9.17, 15) is 14.4 Å². The summed E-state index contributed by atoms with van der Waals surface area (Å²) in [6, 6.07) is 0. The van der Waals surface area contributed by atoms with Crippen molar-refractivity contribution in [3.63, 3.8) is 0 Å². The van der Waals surface area contributed by atoms with Gasteiger partial charge in [0.15, 0.2) is 0 Å². The highest BCUT2D eigenvalue weighted by molar-refractivity contribution is 5.74. The highest BCUT2D eigenvalue weighted by atomic mass is 16.5. The average molecular weight is 344 g/mol. The normalized spacial score (nSPS) is 11.6. The maximum absolute atomic E-state index is 12.1. The van der Waals surface area contributed by atoms with E-state index < -0.39 is 0 Å². The van der Waals surface area contributed by atoms with Crippen LogP contribution in [-0.4, -0.2) is 37.7 Å². The van der Waals surface area contributed by atoms with Crippen LogP contribution in [0.5, 0.6) is 0 Å². The molecule has 1 atom stereocenters. The van der Waals surface area contributed by atoms with Gasteiger partial charge in [0.05, 0.1) is 25.7 Å². The topological polar surface area (TPSA) is 78.9 Å². The predicted octanol–water partition coefficient (Wildman–Crippen LogP) is 3.41. The zero-order valence-electron chi connectivity index (χ0n) is 15.3. The summed E-state index contributed by atoms with van der Waals surface area (Å²) >= 11 is 0. The summed E-state index contributed by atoms with van der Waals surface area (Å²) in [4.78, 5) is 35.2. The lowest BCUT2D eigenvalue weighted by Gasteiger charge is -2.15. The molecule has 0 saturated heterocycles. The molecule has 0 amide bonds. The minimum absolute atomic E-state index is 0.187. The average Bonchev–Trinajstić information content (AvgIpc) is 2.58. The molecule has 0 fully saturated rings. The standard InChI is InChI=1S/C18H32O6/c1-4-12-22-16(19)9-7-8-15(18(21)24-14-6-3)10-11-17(20)23-13-5-2/h15H,4-14H2,1-3H3. The molecule has 0 aromatic carbocycles. The van der Waals surface area contributed by atoms with Crippen molar-refractivity contribution in [2.75, 3.05) is 19.8 Å². The van der Waals surface area contributed by atoms with Crippen LogP contribution < -0.4 is 0 Å². The van der Waals surface area contributed by atoms with Gasteiger partial charge < -0.3 is 14.2 Å². The minimum Gasteiger partial charge on any atom is -0.466 e. The predicted molar refractivity (Wildman–Crippen MR) is 90.3 cm³/mol. The summed E-state index contributed by atoms with van der Waals surface area (Å²) < 4.78 is 15.2. The Morgan fingerprint density at radius 2 is 1.21 bits per heavy atom. The molecule has 6 heteroatoms. The van der Waals surface area contributed by atoms with Gasteiger partial charge in [0.1, 0.15) is 0 Å². The Labute approximate surface area is 145 Å². The zero-order valence-corrected chi connectivity index (χ0v) is 15.3. The SMILES string of the molecule is CCCOC(=O)CCCC(CCC(=O)OCCC)C(=O)OCCC. The Bertz CT molecular complexity index is 367. The first-order chi connectivity index (χ1) is 11.5. The van der Waals surface area contributed by atoms with Crippen LogP contribution in [0.25, 0.3) is 0 Å². The van der Waals surface area contributed by atoms with Crippen LogP contribution in [0.3, 0.4) is 0 Å². The molecule has 6 nitrogen and oxygen atoms in total. The fraction of sp³-hybridized carbons (Fsp3) is 0.833. The molecule has 140 valence electrons. The van der Waals surface area contributed by atoms with Gasteiger partial charge in [-0.25, -0.2) is 0 Å². The van der Waals surface area contributed by atoms with E-state index in [1.807, 2.05) is 20.8 Å². The van der Waals surface area contributed by atoms with Crippen molar-refractivity contribution in [1.29, 1.82) is 0 Å². The highest BCUT2D eigenvalue weighted by Crippen LogP contribution is 2.18. The van der Waals surface area contributed by atoms with E-state index in [0.29, 0.717) is 39.1 Å². The van der Waals surface area contributed by atoms with Gasteiger partial charge in [0.2, 0.25) is 0 Å². The minimum atomic E-state index is -0.385. The van der Waals surface area contributed by atoms with Crippen molar-refractivity contribution in [3.05, 3.63) is 0 Å². The van der Waals surface area contributed by atoms with Crippen LogP contribution in [0, 0.1) is 5.92 Å². The highest BCUT2D eigenvalue weighted by Gasteiger charge is 2.21. The van der Waals surface area contributed by atoms with E-state index in [1.54, 1.807) is 0 Å². The van der Waals surface area contributed by atoms with Crippen molar-refractivity contribution in [1.82, 2.24) is 0 Å². The molecule has 0 bridgehead atoms. The lowest BCUT2D eigenvalue weighted by Crippen LogP contribution is -2.20. The Hall–Kier alpha value is -1.59. The molecule has 0 aliphatic rings. The molecule has 0 saturated carbocycles. The van der Waals surface area contributed by atoms with Gasteiger partial charge in [-0.3, -0.25) is 14.4 Å². The van der Waals surface area contributed by atoms with E-state index in [0.717, 1.165) is 19.3 Å². The van der Waals surface area contributed by atoms with Crippen molar-refractivity contribution in [2.24, 2.45) is 5.92 Å². The summed E-state index contributed by atoms with van der Waals surface area (Å²) in [5.41, 5.74) is 0. The molecule has 24 heavy (non-hydrogen) atoms. The second-order valence-electron chi connectivity index (χ2n) is 5.74. The summed E-state index contributed by atoms with van der Waals surface area (Å²) in [6.07, 6.45) is 4.20. The summed E-state index contributed by atoms with van der Waals surface area (Å²) in [5, 5.41) is 0. The molecule has 0 heterocycles. The number of hydrogen-bond donors (Lipinski definition) is 0. The van der Waals surface area contributed by atoms with Crippen molar-refractivity contribution in [3.8, 4) is 0 Å². The van der Waals surface area contributed by atoms with Crippen molar-refractivity contribution < 1.29 is 28.6 Å². The van der Waals surface area contributed by atoms with Gasteiger partial charge in [0.25, 0.3) is 0 Å². The molecule has 0 aromatic rings. The molecular weight excluding hydrogens is 312 g/mol. The number of rotatable bonds is 14. The van der Waals surface area contributed by atoms with E-state index in [4.69, 9.17) is 14.2 Å². The van der Waals surface area contributed by atoms with Crippen LogP contribution in [0.15, 0.2) is 0 Å². The number of carbonyl (C=O) groups is 3. The largest absolute Gasteiger partial charge is 0.466 e. The van der Waals surface area contributed by atoms with Crippen LogP contribution in [0.2, 0.25) is 0 Å². The monoisotopic (exact) mass is 344 g/mol. The Morgan fingerprint density at radius 3 is 1.75 bits per heavy atom. The first-order valence-electron chi connectivity index (χ1n) is 9.02. The van der Waals surface area contributed by atoms with Gasteiger partial charge in [-0.05, 0) is 38.5 Å². The van der Waals surface area contributed by atoms with E-state index in [2.05, 4.69) is 0 Å². The second kappa shape index (κ2) is 15.0. The van der Waals surface area contributed by atoms with Crippen molar-refractivity contribution in [2.45, 2.75) is 72.1 Å². The first kappa shape index (κ1) is 22.4. The van der Waals surface area contributed by atoms with Gasteiger partial charge in [-0.2, -0.15) is 0 Å². The van der Waals surface area contributed by atoms with Gasteiger partial charge >= 0.3 is 17.9 Å². The molecule has 0 aliphatic heterocycles. The quantitative estimate of drug-likeness (QED) is 0.355. The van der Waals surface area contributed by atoms with Crippen LogP contribution in [-0.2, 0) is 28.6 Å². The third kappa shape index (κ3) is 11.9. The second-order valence-corrected chi connectivity index (χ2v) is 5.74. The summed E-state index contributed by atoms with van der Waals surface area (Å²) in [5.74, 6) is -1.24. The van der Waals surface area contributed by atoms with Crippen molar-refractivity contribution >= 4 is 17.9 Å². The lowest BCUT2D eigenvalue weighted by atomic mass is 9.96. The molecule has 0 N–H and O–H groups in total. The van der Waals surface area contributed by atoms with E-state index >= 15 is 0 Å². The van der Waals surface area contributed by atoms with Gasteiger partial charge in [0, 0.05) is 12.8 Å². The van der Waals surface area contributed by atoms with Gasteiger partial charge in [-0.15, -0.1) is 0 Å². The molecular formula is C18H32O6. The van der Waals surface area contributed by atoms with Crippen LogP contribution >= 0.6 is 0 Å². The molecule has 0 aliphatic carbocycles. The summed E-state index contributed by atoms with van der Waals surface area (Å²) in [7, 11) is 0. The molecule has 0 aromatic heterocycles. The van der Waals surface area contributed by atoms with E-state index in [1.165, 1.54) is 0 Å². The smallest absolute Gasteiger partial charge is 0.308 e. The number of esters is 3. The fourth-order valence-electron chi connectivity index (χ4n) is 2.06. The number of carbonyl (C=O) groups excluding carboxylic acids is 3. The Morgan fingerprint density at radius 1 is 0.708 bits per heavy atom. The Balaban J connectivity index is 4.29. The maximum Gasteiger partial charge on any atom is 0.308 e. The zero-order chi connectivity index (χ0) is 18.2. The third-order valence-corrected chi connectivity index (χ3v) is 3.35. The molecule has 0 spiro atoms. The Kier molecular flexibility index (Phi) is 14.0. The van der Waals surface area contributed by atoms with Crippen LogP contribution in [0.4, 0.5) is 0 Å². The maximum atomic E-state index is 12.1. The fourth-order valence-corrected chi connectivity index (χ4v) is 2.06.